The van der Waals surface area contributed by atoms with Crippen molar-refractivity contribution < 1.29 is 18.7 Å². The molecule has 1 N–H and O–H groups in total. The molecule has 0 radical (unpaired) electrons. The lowest BCUT2D eigenvalue weighted by atomic mass is 9.81. The quantitative estimate of drug-likeness (QED) is 0.674. The number of carbonyl (C=O) groups is 2. The summed E-state index contributed by atoms with van der Waals surface area (Å²) in [7, 11) is 0. The third-order valence-corrected chi connectivity index (χ3v) is 3.35. The van der Waals surface area contributed by atoms with Gasteiger partial charge in [0, 0.05) is 18.9 Å². The molecule has 20 heavy (non-hydrogen) atoms. The number of benzene rings is 1. The number of hydrogen-bond donors (Lipinski definition) is 1. The summed E-state index contributed by atoms with van der Waals surface area (Å²) in [4.78, 5) is 23.6. The maximum absolute atomic E-state index is 13.0. The van der Waals surface area contributed by atoms with E-state index in [-0.39, 0.29) is 43.2 Å². The van der Waals surface area contributed by atoms with Gasteiger partial charge in [-0.25, -0.2) is 4.39 Å². The monoisotopic (exact) mass is 277 g/mol. The summed E-state index contributed by atoms with van der Waals surface area (Å²) in [5, 5.41) is 2.66. The third-order valence-electron chi connectivity index (χ3n) is 3.35. The minimum atomic E-state index is -0.460. The van der Waals surface area contributed by atoms with Crippen molar-refractivity contribution in [3.05, 3.63) is 48.3 Å². The SMILES string of the molecule is C=CCOC(=O)[C@H]1CNC(=O)C[C@@H]1c1ccc(F)cc1. The molecule has 1 aliphatic rings. The summed E-state index contributed by atoms with van der Waals surface area (Å²) in [5.74, 6) is -1.59. The maximum Gasteiger partial charge on any atom is 0.311 e. The zero-order valence-electron chi connectivity index (χ0n) is 11.0. The van der Waals surface area contributed by atoms with Crippen molar-refractivity contribution in [2.45, 2.75) is 12.3 Å². The van der Waals surface area contributed by atoms with Crippen LogP contribution in [0.25, 0.3) is 0 Å². The molecule has 0 spiro atoms. The predicted octanol–water partition coefficient (Wildman–Crippen LogP) is 1.77. The van der Waals surface area contributed by atoms with E-state index in [1.807, 2.05) is 0 Å². The molecule has 1 amide bonds. The first-order chi connectivity index (χ1) is 9.61. The number of halogens is 1. The minimum Gasteiger partial charge on any atom is -0.461 e. The van der Waals surface area contributed by atoms with Crippen molar-refractivity contribution in [3.63, 3.8) is 0 Å². The number of esters is 1. The molecule has 1 aliphatic heterocycles. The van der Waals surface area contributed by atoms with E-state index < -0.39 is 5.92 Å². The summed E-state index contributed by atoms with van der Waals surface area (Å²) >= 11 is 0. The van der Waals surface area contributed by atoms with Crippen LogP contribution in [-0.2, 0) is 14.3 Å². The first-order valence-electron chi connectivity index (χ1n) is 6.41. The second-order valence-electron chi connectivity index (χ2n) is 4.69. The van der Waals surface area contributed by atoms with Crippen molar-refractivity contribution in [3.8, 4) is 0 Å². The van der Waals surface area contributed by atoms with E-state index in [2.05, 4.69) is 11.9 Å². The number of rotatable bonds is 4. The lowest BCUT2D eigenvalue weighted by Crippen LogP contribution is -2.43. The third kappa shape index (κ3) is 3.23. The van der Waals surface area contributed by atoms with Gasteiger partial charge in [0.15, 0.2) is 0 Å². The largest absolute Gasteiger partial charge is 0.461 e. The Hall–Kier alpha value is -2.17. The molecule has 0 saturated carbocycles. The summed E-state index contributed by atoms with van der Waals surface area (Å²) in [6.07, 6.45) is 1.69. The number of ether oxygens (including phenoxy) is 1. The zero-order valence-corrected chi connectivity index (χ0v) is 11.0. The van der Waals surface area contributed by atoms with Crippen LogP contribution in [0.2, 0.25) is 0 Å². The highest BCUT2D eigenvalue weighted by Crippen LogP contribution is 2.31. The van der Waals surface area contributed by atoms with Gasteiger partial charge < -0.3 is 10.1 Å². The van der Waals surface area contributed by atoms with Crippen LogP contribution in [-0.4, -0.2) is 25.0 Å². The molecular formula is C15H16FNO3. The molecule has 2 atom stereocenters. The maximum atomic E-state index is 13.0. The lowest BCUT2D eigenvalue weighted by Gasteiger charge is -2.30. The fourth-order valence-electron chi connectivity index (χ4n) is 2.34. The van der Waals surface area contributed by atoms with Crippen LogP contribution in [0, 0.1) is 11.7 Å². The van der Waals surface area contributed by atoms with Crippen molar-refractivity contribution >= 4 is 11.9 Å². The van der Waals surface area contributed by atoms with Gasteiger partial charge in [0.05, 0.1) is 5.92 Å². The van der Waals surface area contributed by atoms with Crippen LogP contribution < -0.4 is 5.32 Å². The number of nitrogens with one attached hydrogen (secondary N) is 1. The van der Waals surface area contributed by atoms with E-state index in [0.29, 0.717) is 0 Å². The smallest absolute Gasteiger partial charge is 0.311 e. The summed E-state index contributed by atoms with van der Waals surface area (Å²) in [6, 6.07) is 5.86. The van der Waals surface area contributed by atoms with E-state index in [4.69, 9.17) is 4.74 Å². The zero-order chi connectivity index (χ0) is 14.5. The molecule has 0 unspecified atom stereocenters. The highest BCUT2D eigenvalue weighted by atomic mass is 19.1. The molecular weight excluding hydrogens is 261 g/mol. The molecule has 1 fully saturated rings. The molecule has 0 aliphatic carbocycles. The van der Waals surface area contributed by atoms with Gasteiger partial charge in [0.2, 0.25) is 5.91 Å². The van der Waals surface area contributed by atoms with E-state index in [9.17, 15) is 14.0 Å². The summed E-state index contributed by atoms with van der Waals surface area (Å²) in [6.45, 7) is 3.86. The van der Waals surface area contributed by atoms with Crippen molar-refractivity contribution in [2.75, 3.05) is 13.2 Å². The Balaban J connectivity index is 2.19. The Kier molecular flexibility index (Phi) is 4.50. The molecule has 0 bridgehead atoms. The van der Waals surface area contributed by atoms with Crippen LogP contribution >= 0.6 is 0 Å². The Morgan fingerprint density at radius 1 is 1.45 bits per heavy atom. The molecule has 2 rings (SSSR count). The topological polar surface area (TPSA) is 55.4 Å². The predicted molar refractivity (Wildman–Crippen MR) is 71.4 cm³/mol. The second kappa shape index (κ2) is 6.32. The highest BCUT2D eigenvalue weighted by molar-refractivity contribution is 5.83. The molecule has 0 aromatic heterocycles. The lowest BCUT2D eigenvalue weighted by molar-refractivity contribution is -0.149. The number of hydrogen-bond acceptors (Lipinski definition) is 3. The average molecular weight is 277 g/mol. The van der Waals surface area contributed by atoms with Gasteiger partial charge >= 0.3 is 5.97 Å². The Labute approximate surface area is 116 Å². The van der Waals surface area contributed by atoms with Crippen molar-refractivity contribution in [1.29, 1.82) is 0 Å². The van der Waals surface area contributed by atoms with E-state index in [1.54, 1.807) is 12.1 Å². The van der Waals surface area contributed by atoms with E-state index >= 15 is 0 Å². The average Bonchev–Trinajstić information content (AvgIpc) is 2.45. The van der Waals surface area contributed by atoms with Gasteiger partial charge in [0.1, 0.15) is 12.4 Å². The second-order valence-corrected chi connectivity index (χ2v) is 4.69. The summed E-state index contributed by atoms with van der Waals surface area (Å²) in [5.41, 5.74) is 0.766. The Morgan fingerprint density at radius 2 is 2.15 bits per heavy atom. The molecule has 5 heteroatoms. The van der Waals surface area contributed by atoms with Crippen molar-refractivity contribution in [2.24, 2.45) is 5.92 Å². The van der Waals surface area contributed by atoms with E-state index in [0.717, 1.165) is 5.56 Å². The first kappa shape index (κ1) is 14.2. The van der Waals surface area contributed by atoms with Crippen LogP contribution in [0.4, 0.5) is 4.39 Å². The molecule has 1 saturated heterocycles. The van der Waals surface area contributed by atoms with Gasteiger partial charge in [-0.3, -0.25) is 9.59 Å². The number of piperidine rings is 1. The van der Waals surface area contributed by atoms with Gasteiger partial charge in [-0.05, 0) is 17.7 Å². The standard InChI is InChI=1S/C15H16FNO3/c1-2-7-20-15(19)13-9-17-14(18)8-12(13)10-3-5-11(16)6-4-10/h2-6,12-13H,1,7-9H2,(H,17,18)/t12-,13+/m1/s1. The van der Waals surface area contributed by atoms with Crippen LogP contribution in [0.3, 0.4) is 0 Å². The van der Waals surface area contributed by atoms with Gasteiger partial charge in [-0.1, -0.05) is 24.8 Å². The molecule has 1 aromatic rings. The molecule has 1 aromatic carbocycles. The first-order valence-corrected chi connectivity index (χ1v) is 6.41. The van der Waals surface area contributed by atoms with Crippen LogP contribution in [0.15, 0.2) is 36.9 Å². The highest BCUT2D eigenvalue weighted by Gasteiger charge is 2.36. The van der Waals surface area contributed by atoms with Gasteiger partial charge in [0.25, 0.3) is 0 Å². The number of amides is 1. The van der Waals surface area contributed by atoms with Gasteiger partial charge in [-0.15, -0.1) is 0 Å². The summed E-state index contributed by atoms with van der Waals surface area (Å²) < 4.78 is 18.0. The normalized spacial score (nSPS) is 21.9. The fourth-order valence-corrected chi connectivity index (χ4v) is 2.34. The Bertz CT molecular complexity index is 512. The number of carbonyl (C=O) groups excluding carboxylic acids is 2. The van der Waals surface area contributed by atoms with Crippen LogP contribution in [0.1, 0.15) is 17.9 Å². The fraction of sp³-hybridized carbons (Fsp3) is 0.333. The van der Waals surface area contributed by atoms with E-state index in [1.165, 1.54) is 18.2 Å². The molecule has 1 heterocycles. The molecule has 106 valence electrons. The molecule has 4 nitrogen and oxygen atoms in total. The van der Waals surface area contributed by atoms with Gasteiger partial charge in [-0.2, -0.15) is 0 Å². The minimum absolute atomic E-state index is 0.118. The Morgan fingerprint density at radius 3 is 2.80 bits per heavy atom. The van der Waals surface area contributed by atoms with Crippen LogP contribution in [0.5, 0.6) is 0 Å². The van der Waals surface area contributed by atoms with Crippen molar-refractivity contribution in [1.82, 2.24) is 5.32 Å².